The van der Waals surface area contributed by atoms with Crippen LogP contribution >= 0.6 is 22.6 Å². The molecule has 0 aliphatic carbocycles. The number of carbonyl (C=O) groups is 2. The van der Waals surface area contributed by atoms with E-state index >= 15 is 0 Å². The van der Waals surface area contributed by atoms with Crippen LogP contribution in [0.25, 0.3) is 0 Å². The molecule has 2 amide bonds. The summed E-state index contributed by atoms with van der Waals surface area (Å²) >= 11 is 0.736. The zero-order chi connectivity index (χ0) is 33.1. The number of alkyl halides is 17. The summed E-state index contributed by atoms with van der Waals surface area (Å²) in [5, 5.41) is 0. The van der Waals surface area contributed by atoms with Crippen LogP contribution in [0.3, 0.4) is 0 Å². The standard InChI is InChI=1S/C21H11F17INO2/c22-14(23,8-9(39)4-3-7-40-12(41)10-5-1-2-6-11(10)13(40)42)15(24,25)16(26,27)17(28,29)18(30,31)19(32,33)20(34,35)21(36,37)38/h1-2,5-6,8H,3-4,7H2. The van der Waals surface area contributed by atoms with E-state index in [1.54, 1.807) is 0 Å². The number of nitrogens with zero attached hydrogens (tertiary/aromatic N) is 1. The van der Waals surface area contributed by atoms with Gasteiger partial charge in [0.25, 0.3) is 11.8 Å². The topological polar surface area (TPSA) is 37.4 Å². The number of amides is 2. The van der Waals surface area contributed by atoms with Crippen LogP contribution in [-0.4, -0.2) is 70.9 Å². The number of hydrogen-bond donors (Lipinski definition) is 0. The molecule has 238 valence electrons. The first-order chi connectivity index (χ1) is 18.5. The third-order valence-electron chi connectivity index (χ3n) is 5.76. The van der Waals surface area contributed by atoms with Gasteiger partial charge < -0.3 is 0 Å². The van der Waals surface area contributed by atoms with Crippen molar-refractivity contribution in [1.29, 1.82) is 0 Å². The number of imide groups is 1. The molecule has 0 N–H and O–H groups in total. The van der Waals surface area contributed by atoms with Gasteiger partial charge in [0, 0.05) is 12.6 Å². The summed E-state index contributed by atoms with van der Waals surface area (Å²) in [4.78, 5) is 25.0. The third kappa shape index (κ3) is 5.19. The molecule has 0 radical (unpaired) electrons. The summed E-state index contributed by atoms with van der Waals surface area (Å²) in [6.45, 7) is -0.600. The number of hydrogen-bond acceptors (Lipinski definition) is 2. The SMILES string of the molecule is O=C1c2ccccc2C(=O)N1CCCC(I)=CC(F)(F)C(F)(F)C(F)(F)C(F)(F)C(F)(F)C(F)(F)C(F)(F)C(F)(F)F. The van der Waals surface area contributed by atoms with Crippen molar-refractivity contribution in [2.75, 3.05) is 6.54 Å². The highest BCUT2D eigenvalue weighted by atomic mass is 127. The molecule has 1 heterocycles. The van der Waals surface area contributed by atoms with Gasteiger partial charge in [0.1, 0.15) is 0 Å². The highest BCUT2D eigenvalue weighted by molar-refractivity contribution is 14.1. The van der Waals surface area contributed by atoms with Crippen LogP contribution in [0.4, 0.5) is 74.6 Å². The van der Waals surface area contributed by atoms with Crippen molar-refractivity contribution in [3.8, 4) is 0 Å². The molecule has 0 saturated carbocycles. The first-order valence-corrected chi connectivity index (χ1v) is 11.7. The van der Waals surface area contributed by atoms with Gasteiger partial charge in [-0.3, -0.25) is 14.5 Å². The number of rotatable bonds is 11. The molecule has 0 atom stereocenters. The smallest absolute Gasteiger partial charge is 0.274 e. The molecule has 0 aromatic heterocycles. The maximum absolute atomic E-state index is 14.1. The number of allylic oxidation sites excluding steroid dienone is 2. The van der Waals surface area contributed by atoms with Gasteiger partial charge in [-0.1, -0.05) is 12.1 Å². The Labute approximate surface area is 235 Å². The van der Waals surface area contributed by atoms with E-state index in [2.05, 4.69) is 0 Å². The van der Waals surface area contributed by atoms with E-state index in [0.29, 0.717) is 4.90 Å². The first kappa shape index (κ1) is 35.8. The summed E-state index contributed by atoms with van der Waals surface area (Å²) in [5.74, 6) is -58.7. The quantitative estimate of drug-likeness (QED) is 0.129. The van der Waals surface area contributed by atoms with Crippen molar-refractivity contribution in [2.45, 2.75) is 60.5 Å². The second-order valence-electron chi connectivity index (χ2n) is 8.57. The van der Waals surface area contributed by atoms with Crippen molar-refractivity contribution in [1.82, 2.24) is 4.90 Å². The van der Waals surface area contributed by atoms with Gasteiger partial charge in [-0.05, 0) is 51.1 Å². The Bertz CT molecular complexity index is 1220. The average Bonchev–Trinajstić information content (AvgIpc) is 3.07. The fourth-order valence-corrected chi connectivity index (χ4v) is 4.16. The average molecular weight is 759 g/mol. The first-order valence-electron chi connectivity index (χ1n) is 10.6. The lowest BCUT2D eigenvalue weighted by molar-refractivity contribution is -0.459. The van der Waals surface area contributed by atoms with E-state index in [9.17, 15) is 84.2 Å². The van der Waals surface area contributed by atoms with E-state index in [1.165, 1.54) is 24.3 Å². The maximum atomic E-state index is 14.1. The molecular formula is C21H11F17INO2. The molecule has 3 nitrogen and oxygen atoms in total. The molecule has 0 fully saturated rings. The van der Waals surface area contributed by atoms with Crippen molar-refractivity contribution in [3.63, 3.8) is 0 Å². The van der Waals surface area contributed by atoms with Gasteiger partial charge in [-0.15, -0.1) is 0 Å². The van der Waals surface area contributed by atoms with Crippen LogP contribution in [0.1, 0.15) is 33.6 Å². The van der Waals surface area contributed by atoms with Crippen LogP contribution in [0.15, 0.2) is 33.9 Å². The predicted octanol–water partition coefficient (Wildman–Crippen LogP) is 8.39. The van der Waals surface area contributed by atoms with Crippen LogP contribution in [0.5, 0.6) is 0 Å². The molecule has 0 unspecified atom stereocenters. The molecule has 1 aliphatic heterocycles. The second-order valence-corrected chi connectivity index (χ2v) is 9.95. The minimum atomic E-state index is -8.69. The molecule has 0 bridgehead atoms. The summed E-state index contributed by atoms with van der Waals surface area (Å²) in [6, 6.07) is 5.22. The van der Waals surface area contributed by atoms with Crippen LogP contribution in [-0.2, 0) is 0 Å². The minimum absolute atomic E-state index is 0.0718. The van der Waals surface area contributed by atoms with E-state index in [-0.39, 0.29) is 11.1 Å². The van der Waals surface area contributed by atoms with E-state index in [4.69, 9.17) is 0 Å². The maximum Gasteiger partial charge on any atom is 0.460 e. The number of halogens is 18. The van der Waals surface area contributed by atoms with Gasteiger partial charge >= 0.3 is 47.6 Å². The predicted molar refractivity (Wildman–Crippen MR) is 114 cm³/mol. The Morgan fingerprint density at radius 1 is 0.619 bits per heavy atom. The van der Waals surface area contributed by atoms with E-state index < -0.39 is 88.5 Å². The highest BCUT2D eigenvalue weighted by Crippen LogP contribution is 2.64. The Kier molecular flexibility index (Phi) is 9.10. The third-order valence-corrected chi connectivity index (χ3v) is 6.61. The molecule has 21 heteroatoms. The Morgan fingerprint density at radius 3 is 1.36 bits per heavy atom. The molecule has 42 heavy (non-hydrogen) atoms. The van der Waals surface area contributed by atoms with Crippen LogP contribution in [0, 0.1) is 0 Å². The molecule has 1 aromatic rings. The number of benzene rings is 1. The summed E-state index contributed by atoms with van der Waals surface area (Å²) in [7, 11) is 0. The van der Waals surface area contributed by atoms with Crippen molar-refractivity contribution in [2.24, 2.45) is 0 Å². The summed E-state index contributed by atoms with van der Waals surface area (Å²) in [6.07, 6.45) is -10.5. The summed E-state index contributed by atoms with van der Waals surface area (Å²) < 4.78 is 226. The highest BCUT2D eigenvalue weighted by Gasteiger charge is 2.95. The molecule has 0 spiro atoms. The minimum Gasteiger partial charge on any atom is -0.274 e. The normalized spacial score (nSPS) is 16.8. The molecule has 1 aromatic carbocycles. The van der Waals surface area contributed by atoms with Crippen LogP contribution in [0.2, 0.25) is 0 Å². The van der Waals surface area contributed by atoms with Crippen LogP contribution < -0.4 is 0 Å². The van der Waals surface area contributed by atoms with Gasteiger partial charge in [-0.2, -0.15) is 74.6 Å². The fourth-order valence-electron chi connectivity index (χ4n) is 3.38. The zero-order valence-corrected chi connectivity index (χ0v) is 21.7. The van der Waals surface area contributed by atoms with Gasteiger partial charge in [0.15, 0.2) is 0 Å². The number of fused-ring (bicyclic) bond motifs is 1. The molecule has 0 saturated heterocycles. The van der Waals surface area contributed by atoms with Crippen molar-refractivity contribution < 1.29 is 84.2 Å². The largest absolute Gasteiger partial charge is 0.460 e. The lowest BCUT2D eigenvalue weighted by Gasteiger charge is -2.42. The number of carbonyl (C=O) groups excluding carboxylic acids is 2. The van der Waals surface area contributed by atoms with Gasteiger partial charge in [0.2, 0.25) is 0 Å². The van der Waals surface area contributed by atoms with Gasteiger partial charge in [-0.25, -0.2) is 0 Å². The van der Waals surface area contributed by atoms with Crippen molar-refractivity contribution >= 4 is 34.4 Å². The zero-order valence-electron chi connectivity index (χ0n) is 19.6. The molecule has 2 rings (SSSR count). The Balaban J connectivity index is 2.31. The lowest BCUT2D eigenvalue weighted by atomic mass is 9.89. The lowest BCUT2D eigenvalue weighted by Crippen LogP contribution is -2.74. The van der Waals surface area contributed by atoms with E-state index in [1.807, 2.05) is 0 Å². The Morgan fingerprint density at radius 2 is 0.976 bits per heavy atom. The van der Waals surface area contributed by atoms with Crippen molar-refractivity contribution in [3.05, 3.63) is 45.0 Å². The molecule has 1 aliphatic rings. The van der Waals surface area contributed by atoms with Gasteiger partial charge in [0.05, 0.1) is 11.1 Å². The molecular weight excluding hydrogens is 748 g/mol. The summed E-state index contributed by atoms with van der Waals surface area (Å²) in [5.41, 5.74) is -0.144. The van der Waals surface area contributed by atoms with E-state index in [0.717, 1.165) is 22.6 Å². The Hall–Kier alpha value is -2.36. The fraction of sp³-hybridized carbons (Fsp3) is 0.524. The second kappa shape index (κ2) is 10.7. The monoisotopic (exact) mass is 759 g/mol.